The van der Waals surface area contributed by atoms with Gasteiger partial charge in [0, 0.05) is 6.54 Å². The largest absolute Gasteiger partial charge is 0.316 e. The summed E-state index contributed by atoms with van der Waals surface area (Å²) in [5, 5.41) is 3.08. The van der Waals surface area contributed by atoms with Crippen molar-refractivity contribution < 1.29 is 0 Å². The van der Waals surface area contributed by atoms with Crippen molar-refractivity contribution in [1.82, 2.24) is 5.32 Å². The maximum Gasteiger partial charge on any atom is 0.0202 e. The highest BCUT2D eigenvalue weighted by atomic mass is 14.8. The van der Waals surface area contributed by atoms with Crippen LogP contribution in [0.4, 0.5) is 0 Å². The van der Waals surface area contributed by atoms with Crippen molar-refractivity contribution in [1.29, 1.82) is 0 Å². The lowest BCUT2D eigenvalue weighted by atomic mass is 10.2. The molecule has 15 heavy (non-hydrogen) atoms. The first-order valence-electron chi connectivity index (χ1n) is 5.12. The lowest BCUT2D eigenvalue weighted by Gasteiger charge is -1.95. The van der Waals surface area contributed by atoms with E-state index in [1.807, 2.05) is 61.6 Å². The normalized spacial score (nSPS) is 8.87. The molecule has 0 aliphatic heterocycles. The summed E-state index contributed by atoms with van der Waals surface area (Å²) >= 11 is 0. The van der Waals surface area contributed by atoms with E-state index in [1.54, 1.807) is 0 Å². The van der Waals surface area contributed by atoms with Crippen LogP contribution >= 0.6 is 0 Å². The molecule has 0 unspecified atom stereocenters. The molecule has 0 atom stereocenters. The average Bonchev–Trinajstić information content (AvgIpc) is 2.34. The Hall–Kier alpha value is -1.60. The predicted molar refractivity (Wildman–Crippen MR) is 65.6 cm³/mol. The smallest absolute Gasteiger partial charge is 0.0202 e. The Morgan fingerprint density at radius 3 is 1.53 bits per heavy atom. The van der Waals surface area contributed by atoms with Crippen LogP contribution in [0.25, 0.3) is 0 Å². The molecule has 0 saturated heterocycles. The topological polar surface area (TPSA) is 12.0 Å². The van der Waals surface area contributed by atoms with Gasteiger partial charge in [0.15, 0.2) is 0 Å². The van der Waals surface area contributed by atoms with Crippen LogP contribution in [-0.4, -0.2) is 7.05 Å². The van der Waals surface area contributed by atoms with E-state index < -0.39 is 0 Å². The first-order chi connectivity index (χ1) is 7.43. The lowest BCUT2D eigenvalue weighted by molar-refractivity contribution is 0.818. The van der Waals surface area contributed by atoms with Gasteiger partial charge >= 0.3 is 0 Å². The summed E-state index contributed by atoms with van der Waals surface area (Å²) in [7, 11) is 1.95. The van der Waals surface area contributed by atoms with Gasteiger partial charge in [-0.1, -0.05) is 66.7 Å². The van der Waals surface area contributed by atoms with Crippen LogP contribution in [0.1, 0.15) is 5.56 Å². The number of nitrogens with one attached hydrogen (secondary N) is 1. The molecule has 0 saturated carbocycles. The molecular formula is C14H17N. The van der Waals surface area contributed by atoms with Gasteiger partial charge in [-0.2, -0.15) is 0 Å². The van der Waals surface area contributed by atoms with Gasteiger partial charge in [-0.05, 0) is 12.6 Å². The van der Waals surface area contributed by atoms with Gasteiger partial charge in [0.2, 0.25) is 0 Å². The minimum absolute atomic E-state index is 0.959. The third kappa shape index (κ3) is 5.66. The molecule has 0 radical (unpaired) electrons. The monoisotopic (exact) mass is 199 g/mol. The van der Waals surface area contributed by atoms with Crippen LogP contribution in [0.3, 0.4) is 0 Å². The number of rotatable bonds is 2. The third-order valence-electron chi connectivity index (χ3n) is 1.89. The first kappa shape index (κ1) is 11.5. The third-order valence-corrected chi connectivity index (χ3v) is 1.89. The molecule has 0 fully saturated rings. The highest BCUT2D eigenvalue weighted by molar-refractivity contribution is 5.13. The van der Waals surface area contributed by atoms with E-state index in [2.05, 4.69) is 17.4 Å². The van der Waals surface area contributed by atoms with Gasteiger partial charge in [0.25, 0.3) is 0 Å². The Balaban J connectivity index is 0.000000162. The molecule has 0 amide bonds. The van der Waals surface area contributed by atoms with E-state index in [0.717, 1.165) is 6.54 Å². The van der Waals surface area contributed by atoms with Crippen LogP contribution in [-0.2, 0) is 6.54 Å². The van der Waals surface area contributed by atoms with Crippen LogP contribution in [0, 0.1) is 0 Å². The molecule has 2 aromatic carbocycles. The van der Waals surface area contributed by atoms with Crippen LogP contribution < -0.4 is 5.32 Å². The van der Waals surface area contributed by atoms with E-state index in [4.69, 9.17) is 0 Å². The fourth-order valence-electron chi connectivity index (χ4n) is 1.18. The van der Waals surface area contributed by atoms with Crippen molar-refractivity contribution in [2.24, 2.45) is 0 Å². The Labute approximate surface area is 91.8 Å². The van der Waals surface area contributed by atoms with Crippen molar-refractivity contribution in [2.45, 2.75) is 6.54 Å². The molecule has 1 heteroatoms. The second kappa shape index (κ2) is 7.77. The number of benzene rings is 2. The average molecular weight is 199 g/mol. The number of hydrogen-bond acceptors (Lipinski definition) is 1. The van der Waals surface area contributed by atoms with E-state index in [0.29, 0.717) is 0 Å². The molecular weight excluding hydrogens is 182 g/mol. The standard InChI is InChI=1S/C8H11N.C6H6/c1-9-7-8-5-3-2-4-6-8;1-2-4-6-5-3-1/h2-6,9H,7H2,1H3;1-6H. The highest BCUT2D eigenvalue weighted by Gasteiger charge is 1.83. The summed E-state index contributed by atoms with van der Waals surface area (Å²) in [6.45, 7) is 0.959. The molecule has 78 valence electrons. The second-order valence-corrected chi connectivity index (χ2v) is 3.17. The van der Waals surface area contributed by atoms with Crippen molar-refractivity contribution >= 4 is 0 Å². The number of hydrogen-bond donors (Lipinski definition) is 1. The summed E-state index contributed by atoms with van der Waals surface area (Å²) in [5.74, 6) is 0. The van der Waals surface area contributed by atoms with Crippen molar-refractivity contribution in [3.05, 3.63) is 72.3 Å². The van der Waals surface area contributed by atoms with Gasteiger partial charge in [0.1, 0.15) is 0 Å². The molecule has 0 heterocycles. The second-order valence-electron chi connectivity index (χ2n) is 3.17. The van der Waals surface area contributed by atoms with Gasteiger partial charge in [-0.3, -0.25) is 0 Å². The summed E-state index contributed by atoms with van der Waals surface area (Å²) < 4.78 is 0. The fourth-order valence-corrected chi connectivity index (χ4v) is 1.18. The van der Waals surface area contributed by atoms with Crippen LogP contribution in [0.5, 0.6) is 0 Å². The van der Waals surface area contributed by atoms with E-state index in [9.17, 15) is 0 Å². The zero-order valence-corrected chi connectivity index (χ0v) is 9.06. The molecule has 0 spiro atoms. The predicted octanol–water partition coefficient (Wildman–Crippen LogP) is 3.09. The summed E-state index contributed by atoms with van der Waals surface area (Å²) in [5.41, 5.74) is 1.33. The molecule has 2 aromatic rings. The quantitative estimate of drug-likeness (QED) is 0.783. The van der Waals surface area contributed by atoms with Crippen molar-refractivity contribution in [3.63, 3.8) is 0 Å². The molecule has 0 aliphatic rings. The van der Waals surface area contributed by atoms with E-state index in [-0.39, 0.29) is 0 Å². The van der Waals surface area contributed by atoms with Crippen molar-refractivity contribution in [3.8, 4) is 0 Å². The molecule has 1 N–H and O–H groups in total. The first-order valence-corrected chi connectivity index (χ1v) is 5.12. The summed E-state index contributed by atoms with van der Waals surface area (Å²) in [4.78, 5) is 0. The Kier molecular flexibility index (Phi) is 5.95. The minimum atomic E-state index is 0.959. The SMILES string of the molecule is CNCc1ccccc1.c1ccccc1. The van der Waals surface area contributed by atoms with E-state index in [1.165, 1.54) is 5.56 Å². The highest BCUT2D eigenvalue weighted by Crippen LogP contribution is 1.95. The summed E-state index contributed by atoms with van der Waals surface area (Å²) in [6, 6.07) is 22.3. The lowest BCUT2D eigenvalue weighted by Crippen LogP contribution is -2.04. The van der Waals surface area contributed by atoms with Crippen LogP contribution in [0.2, 0.25) is 0 Å². The summed E-state index contributed by atoms with van der Waals surface area (Å²) in [6.07, 6.45) is 0. The van der Waals surface area contributed by atoms with Gasteiger partial charge in [-0.25, -0.2) is 0 Å². The fraction of sp³-hybridized carbons (Fsp3) is 0.143. The van der Waals surface area contributed by atoms with Gasteiger partial charge in [-0.15, -0.1) is 0 Å². The Morgan fingerprint density at radius 2 is 1.13 bits per heavy atom. The van der Waals surface area contributed by atoms with Gasteiger partial charge in [0.05, 0.1) is 0 Å². The Morgan fingerprint density at radius 1 is 0.733 bits per heavy atom. The van der Waals surface area contributed by atoms with Gasteiger partial charge < -0.3 is 5.32 Å². The molecule has 2 rings (SSSR count). The molecule has 0 aliphatic carbocycles. The zero-order chi connectivity index (χ0) is 10.8. The molecule has 1 nitrogen and oxygen atoms in total. The Bertz CT molecular complexity index is 302. The van der Waals surface area contributed by atoms with E-state index >= 15 is 0 Å². The maximum atomic E-state index is 3.08. The minimum Gasteiger partial charge on any atom is -0.316 e. The van der Waals surface area contributed by atoms with Crippen LogP contribution in [0.15, 0.2) is 66.7 Å². The molecule has 0 aromatic heterocycles. The zero-order valence-electron chi connectivity index (χ0n) is 9.06. The van der Waals surface area contributed by atoms with Crippen molar-refractivity contribution in [2.75, 3.05) is 7.05 Å². The maximum absolute atomic E-state index is 3.08. The molecule has 0 bridgehead atoms.